The minimum Gasteiger partial charge on any atom is -0.458 e. The fraction of sp³-hybridized carbons (Fsp3) is 0.545. The second kappa shape index (κ2) is 2.40. The lowest BCUT2D eigenvalue weighted by atomic mass is 10.0. The molecule has 0 N–H and O–H groups in total. The van der Waals surface area contributed by atoms with Gasteiger partial charge in [0.2, 0.25) is 0 Å². The molecule has 2 atom stereocenters. The Morgan fingerprint density at radius 3 is 3.00 bits per heavy atom. The smallest absolute Gasteiger partial charge is 0.306 e. The second-order valence-electron chi connectivity index (χ2n) is 4.45. The molecule has 2 nitrogen and oxygen atoms in total. The summed E-state index contributed by atoms with van der Waals surface area (Å²) in [5.74, 6) is -0.0229. The standard InChI is InChI=1S/C11H12O2S/c1-10(8-3-2-6-14-8)7-11(10)5-4-9(12)13-11/h2-3,6H,4-5,7H2,1H3/t10-,11+/m1/s1. The number of thiophene rings is 1. The first-order valence-corrected chi connectivity index (χ1v) is 5.80. The van der Waals surface area contributed by atoms with Gasteiger partial charge in [0, 0.05) is 23.1 Å². The largest absolute Gasteiger partial charge is 0.458 e. The van der Waals surface area contributed by atoms with Crippen molar-refractivity contribution >= 4 is 17.3 Å². The normalized spacial score (nSPS) is 40.2. The molecule has 2 aliphatic rings. The fourth-order valence-electron chi connectivity index (χ4n) is 2.57. The van der Waals surface area contributed by atoms with Crippen LogP contribution in [0.25, 0.3) is 0 Å². The maximum atomic E-state index is 11.1. The van der Waals surface area contributed by atoms with Gasteiger partial charge in [0.1, 0.15) is 5.60 Å². The van der Waals surface area contributed by atoms with Crippen LogP contribution in [0.5, 0.6) is 0 Å². The van der Waals surface area contributed by atoms with Crippen LogP contribution in [-0.2, 0) is 14.9 Å². The van der Waals surface area contributed by atoms with Gasteiger partial charge in [-0.1, -0.05) is 13.0 Å². The van der Waals surface area contributed by atoms with Gasteiger partial charge in [-0.3, -0.25) is 4.79 Å². The van der Waals surface area contributed by atoms with E-state index >= 15 is 0 Å². The van der Waals surface area contributed by atoms with Crippen molar-refractivity contribution in [2.45, 2.75) is 37.2 Å². The zero-order valence-corrected chi connectivity index (χ0v) is 8.89. The molecule has 1 aliphatic heterocycles. The van der Waals surface area contributed by atoms with E-state index in [1.165, 1.54) is 4.88 Å². The number of hydrogen-bond donors (Lipinski definition) is 0. The monoisotopic (exact) mass is 208 g/mol. The minimum atomic E-state index is -0.144. The van der Waals surface area contributed by atoms with Crippen LogP contribution in [0.15, 0.2) is 17.5 Å². The summed E-state index contributed by atoms with van der Waals surface area (Å²) in [4.78, 5) is 12.5. The summed E-state index contributed by atoms with van der Waals surface area (Å²) in [6.07, 6.45) is 2.51. The van der Waals surface area contributed by atoms with E-state index in [4.69, 9.17) is 4.74 Å². The number of carbonyl (C=O) groups is 1. The lowest BCUT2D eigenvalue weighted by Gasteiger charge is -2.15. The highest BCUT2D eigenvalue weighted by Gasteiger charge is 2.70. The van der Waals surface area contributed by atoms with Gasteiger partial charge in [0.25, 0.3) is 0 Å². The van der Waals surface area contributed by atoms with Crippen LogP contribution < -0.4 is 0 Å². The first-order chi connectivity index (χ1) is 6.66. The summed E-state index contributed by atoms with van der Waals surface area (Å²) in [5, 5.41) is 2.09. The van der Waals surface area contributed by atoms with Crippen LogP contribution in [0.4, 0.5) is 0 Å². The second-order valence-corrected chi connectivity index (χ2v) is 5.40. The topological polar surface area (TPSA) is 26.3 Å². The Morgan fingerprint density at radius 1 is 1.57 bits per heavy atom. The van der Waals surface area contributed by atoms with E-state index < -0.39 is 0 Å². The van der Waals surface area contributed by atoms with Gasteiger partial charge in [-0.2, -0.15) is 0 Å². The fourth-order valence-corrected chi connectivity index (χ4v) is 3.55. The molecule has 0 unspecified atom stereocenters. The van der Waals surface area contributed by atoms with Gasteiger partial charge in [-0.25, -0.2) is 0 Å². The molecule has 1 aromatic rings. The molecule has 0 amide bonds. The van der Waals surface area contributed by atoms with Gasteiger partial charge < -0.3 is 4.74 Å². The Hall–Kier alpha value is -0.830. The first kappa shape index (κ1) is 8.48. The van der Waals surface area contributed by atoms with E-state index in [1.54, 1.807) is 11.3 Å². The first-order valence-electron chi connectivity index (χ1n) is 4.92. The van der Waals surface area contributed by atoms with Gasteiger partial charge in [-0.15, -0.1) is 11.3 Å². The molecule has 0 radical (unpaired) electrons. The number of hydrogen-bond acceptors (Lipinski definition) is 3. The highest BCUT2D eigenvalue weighted by molar-refractivity contribution is 7.10. The number of esters is 1. The molecular formula is C11H12O2S. The SMILES string of the molecule is C[C@]1(c2cccs2)C[C@@]12CCC(=O)O2. The van der Waals surface area contributed by atoms with E-state index in [9.17, 15) is 4.79 Å². The molecule has 74 valence electrons. The van der Waals surface area contributed by atoms with Crippen LogP contribution in [-0.4, -0.2) is 11.6 Å². The Bertz CT molecular complexity index is 384. The highest BCUT2D eigenvalue weighted by atomic mass is 32.1. The Morgan fingerprint density at radius 2 is 2.43 bits per heavy atom. The maximum Gasteiger partial charge on any atom is 0.306 e. The van der Waals surface area contributed by atoms with Crippen molar-refractivity contribution in [1.29, 1.82) is 0 Å². The molecular weight excluding hydrogens is 196 g/mol. The third-order valence-electron chi connectivity index (χ3n) is 3.63. The summed E-state index contributed by atoms with van der Waals surface area (Å²) in [6.45, 7) is 2.21. The molecule has 1 saturated heterocycles. The van der Waals surface area contributed by atoms with E-state index in [0.29, 0.717) is 6.42 Å². The molecule has 0 aromatic carbocycles. The maximum absolute atomic E-state index is 11.1. The van der Waals surface area contributed by atoms with Crippen LogP contribution in [0.2, 0.25) is 0 Å². The van der Waals surface area contributed by atoms with Gasteiger partial charge in [-0.05, 0) is 17.9 Å². The molecule has 3 heteroatoms. The average molecular weight is 208 g/mol. The van der Waals surface area contributed by atoms with Crippen LogP contribution >= 0.6 is 11.3 Å². The van der Waals surface area contributed by atoms with E-state index in [1.807, 2.05) is 0 Å². The predicted molar refractivity (Wildman–Crippen MR) is 54.3 cm³/mol. The van der Waals surface area contributed by atoms with Crippen LogP contribution in [0.1, 0.15) is 31.1 Å². The summed E-state index contributed by atoms with van der Waals surface area (Å²) in [7, 11) is 0. The summed E-state index contributed by atoms with van der Waals surface area (Å²) in [5.41, 5.74) is -0.0394. The van der Waals surface area contributed by atoms with Crippen LogP contribution in [0, 0.1) is 0 Å². The van der Waals surface area contributed by atoms with Crippen molar-refractivity contribution in [3.05, 3.63) is 22.4 Å². The van der Waals surface area contributed by atoms with Gasteiger partial charge >= 0.3 is 5.97 Å². The quantitative estimate of drug-likeness (QED) is 0.663. The third-order valence-corrected chi connectivity index (χ3v) is 4.76. The van der Waals surface area contributed by atoms with Crippen molar-refractivity contribution in [1.82, 2.24) is 0 Å². The molecule has 2 fully saturated rings. The predicted octanol–water partition coefficient (Wildman–Crippen LogP) is 2.49. The lowest BCUT2D eigenvalue weighted by Crippen LogP contribution is -2.20. The third kappa shape index (κ3) is 0.883. The van der Waals surface area contributed by atoms with E-state index in [0.717, 1.165) is 12.8 Å². The lowest BCUT2D eigenvalue weighted by molar-refractivity contribution is -0.143. The highest BCUT2D eigenvalue weighted by Crippen LogP contribution is 2.65. The Labute approximate surface area is 86.9 Å². The van der Waals surface area contributed by atoms with Gasteiger partial charge in [0.15, 0.2) is 0 Å². The molecule has 1 spiro atoms. The molecule has 1 aromatic heterocycles. The number of ether oxygens (including phenoxy) is 1. The summed E-state index contributed by atoms with van der Waals surface area (Å²) < 4.78 is 5.47. The van der Waals surface area contributed by atoms with Crippen molar-refractivity contribution < 1.29 is 9.53 Å². The van der Waals surface area contributed by atoms with Crippen molar-refractivity contribution in [3.63, 3.8) is 0 Å². The van der Waals surface area contributed by atoms with Crippen LogP contribution in [0.3, 0.4) is 0 Å². The molecule has 2 heterocycles. The number of rotatable bonds is 1. The molecule has 3 rings (SSSR count). The van der Waals surface area contributed by atoms with Gasteiger partial charge in [0.05, 0.1) is 0 Å². The molecule has 0 bridgehead atoms. The minimum absolute atomic E-state index is 0.0229. The zero-order valence-electron chi connectivity index (χ0n) is 8.08. The van der Waals surface area contributed by atoms with Crippen molar-refractivity contribution in [3.8, 4) is 0 Å². The molecule has 1 aliphatic carbocycles. The zero-order chi connectivity index (χ0) is 9.81. The van der Waals surface area contributed by atoms with E-state index in [2.05, 4.69) is 24.4 Å². The Kier molecular flexibility index (Phi) is 1.45. The summed E-state index contributed by atoms with van der Waals surface area (Å²) in [6, 6.07) is 4.21. The number of carbonyl (C=O) groups excluding carboxylic acids is 1. The van der Waals surface area contributed by atoms with Crippen molar-refractivity contribution in [2.75, 3.05) is 0 Å². The molecule has 14 heavy (non-hydrogen) atoms. The van der Waals surface area contributed by atoms with Crippen molar-refractivity contribution in [2.24, 2.45) is 0 Å². The summed E-state index contributed by atoms with van der Waals surface area (Å²) >= 11 is 1.76. The van der Waals surface area contributed by atoms with E-state index in [-0.39, 0.29) is 17.0 Å². The average Bonchev–Trinajstić information content (AvgIpc) is 2.65. The Balaban J connectivity index is 1.93. The molecule has 1 saturated carbocycles.